The molecule has 35 heavy (non-hydrogen) atoms. The van der Waals surface area contributed by atoms with Crippen molar-refractivity contribution in [3.05, 3.63) is 54.0 Å². The van der Waals surface area contributed by atoms with E-state index in [9.17, 15) is 30.0 Å². The van der Waals surface area contributed by atoms with Gasteiger partial charge in [-0.3, -0.25) is 4.31 Å². The first-order valence-electron chi connectivity index (χ1n) is 9.65. The SMILES string of the molecule is CN(c1ncccc1CNc1nc(Nc2ccc(S(C)(=O)=O)nc2)ncc1C(F)(F)F)S(C)(=O)=O. The number of sulfone groups is 1. The van der Waals surface area contributed by atoms with E-state index in [2.05, 4.69) is 30.6 Å². The van der Waals surface area contributed by atoms with Gasteiger partial charge in [0.15, 0.2) is 14.9 Å². The van der Waals surface area contributed by atoms with E-state index in [0.717, 1.165) is 16.8 Å². The van der Waals surface area contributed by atoms with Crippen LogP contribution in [0.3, 0.4) is 0 Å². The van der Waals surface area contributed by atoms with Crippen LogP contribution in [-0.4, -0.2) is 56.3 Å². The zero-order chi connectivity index (χ0) is 26.0. The van der Waals surface area contributed by atoms with Crippen LogP contribution in [-0.2, 0) is 32.6 Å². The largest absolute Gasteiger partial charge is 0.421 e. The van der Waals surface area contributed by atoms with Crippen molar-refractivity contribution in [2.45, 2.75) is 17.7 Å². The lowest BCUT2D eigenvalue weighted by Crippen LogP contribution is -2.27. The topological polar surface area (TPSA) is 147 Å². The van der Waals surface area contributed by atoms with Gasteiger partial charge in [0.25, 0.3) is 0 Å². The van der Waals surface area contributed by atoms with E-state index in [4.69, 9.17) is 0 Å². The molecule has 188 valence electrons. The zero-order valence-electron chi connectivity index (χ0n) is 18.6. The summed E-state index contributed by atoms with van der Waals surface area (Å²) in [5.41, 5.74) is -0.592. The summed E-state index contributed by atoms with van der Waals surface area (Å²) in [4.78, 5) is 15.4. The quantitative estimate of drug-likeness (QED) is 0.444. The number of nitrogens with one attached hydrogen (secondary N) is 2. The average Bonchev–Trinajstić information content (AvgIpc) is 2.76. The van der Waals surface area contributed by atoms with Crippen molar-refractivity contribution in [1.82, 2.24) is 19.9 Å². The molecule has 0 atom stereocenters. The van der Waals surface area contributed by atoms with Crippen LogP contribution in [0.1, 0.15) is 11.1 Å². The summed E-state index contributed by atoms with van der Waals surface area (Å²) in [5, 5.41) is 5.06. The highest BCUT2D eigenvalue weighted by atomic mass is 32.2. The monoisotopic (exact) mass is 531 g/mol. The van der Waals surface area contributed by atoms with Crippen LogP contribution in [0, 0.1) is 0 Å². The van der Waals surface area contributed by atoms with Crippen LogP contribution in [0.2, 0.25) is 0 Å². The third-order valence-electron chi connectivity index (χ3n) is 4.58. The molecule has 0 aliphatic rings. The Labute approximate surface area is 199 Å². The number of sulfonamides is 1. The molecule has 3 heterocycles. The van der Waals surface area contributed by atoms with Crippen LogP contribution >= 0.6 is 0 Å². The summed E-state index contributed by atoms with van der Waals surface area (Å²) >= 11 is 0. The van der Waals surface area contributed by atoms with E-state index >= 15 is 0 Å². The Morgan fingerprint density at radius 1 is 1.00 bits per heavy atom. The minimum absolute atomic E-state index is 0.0421. The van der Waals surface area contributed by atoms with Gasteiger partial charge in [-0.1, -0.05) is 6.07 Å². The minimum Gasteiger partial charge on any atom is -0.365 e. The Kier molecular flexibility index (Phi) is 7.16. The predicted octanol–water partition coefficient (Wildman–Crippen LogP) is 2.44. The second kappa shape index (κ2) is 9.61. The maximum absolute atomic E-state index is 13.5. The molecule has 0 aromatic carbocycles. The van der Waals surface area contributed by atoms with Crippen molar-refractivity contribution in [3.63, 3.8) is 0 Å². The molecule has 2 N–H and O–H groups in total. The lowest BCUT2D eigenvalue weighted by molar-refractivity contribution is -0.137. The molecule has 11 nitrogen and oxygen atoms in total. The molecule has 0 saturated heterocycles. The summed E-state index contributed by atoms with van der Waals surface area (Å²) < 4.78 is 88.4. The fourth-order valence-corrected chi connectivity index (χ4v) is 3.81. The summed E-state index contributed by atoms with van der Waals surface area (Å²) in [7, 11) is -5.91. The van der Waals surface area contributed by atoms with Crippen LogP contribution in [0.25, 0.3) is 0 Å². The number of aromatic nitrogens is 4. The van der Waals surface area contributed by atoms with Gasteiger partial charge < -0.3 is 10.6 Å². The third-order valence-corrected chi connectivity index (χ3v) is 6.75. The van der Waals surface area contributed by atoms with Crippen molar-refractivity contribution in [2.75, 3.05) is 34.5 Å². The van der Waals surface area contributed by atoms with Gasteiger partial charge in [-0.2, -0.15) is 18.2 Å². The zero-order valence-corrected chi connectivity index (χ0v) is 20.2. The number of anilines is 4. The number of halogens is 3. The van der Waals surface area contributed by atoms with Gasteiger partial charge in [-0.15, -0.1) is 0 Å². The van der Waals surface area contributed by atoms with Crippen molar-refractivity contribution in [1.29, 1.82) is 0 Å². The van der Waals surface area contributed by atoms with Crippen LogP contribution in [0.4, 0.5) is 36.4 Å². The molecule has 3 rings (SSSR count). The average molecular weight is 532 g/mol. The lowest BCUT2D eigenvalue weighted by atomic mass is 10.2. The third kappa shape index (κ3) is 6.54. The minimum atomic E-state index is -4.78. The van der Waals surface area contributed by atoms with Crippen molar-refractivity contribution in [3.8, 4) is 0 Å². The van der Waals surface area contributed by atoms with Crippen LogP contribution in [0.15, 0.2) is 47.9 Å². The summed E-state index contributed by atoms with van der Waals surface area (Å²) in [5.74, 6) is -0.734. The van der Waals surface area contributed by atoms with E-state index in [0.29, 0.717) is 11.8 Å². The Balaban J connectivity index is 1.90. The molecule has 3 aromatic heterocycles. The molecule has 0 amide bonds. The van der Waals surface area contributed by atoms with Gasteiger partial charge in [0.05, 0.1) is 18.1 Å². The highest BCUT2D eigenvalue weighted by Crippen LogP contribution is 2.34. The molecule has 0 aliphatic heterocycles. The van der Waals surface area contributed by atoms with Crippen molar-refractivity contribution in [2.24, 2.45) is 0 Å². The number of rotatable bonds is 8. The maximum atomic E-state index is 13.5. The van der Waals surface area contributed by atoms with Gasteiger partial charge in [-0.05, 0) is 18.2 Å². The van der Waals surface area contributed by atoms with Crippen LogP contribution in [0.5, 0.6) is 0 Å². The first-order valence-corrected chi connectivity index (χ1v) is 13.4. The highest BCUT2D eigenvalue weighted by Gasteiger charge is 2.35. The standard InChI is InChI=1S/C19H20F3N7O4S2/c1-29(35(3,32)33)17-12(5-4-8-23-17)9-25-16-14(19(20,21)22)11-26-18(28-16)27-13-6-7-15(24-10-13)34(2,30)31/h4-8,10-11H,9H2,1-3H3,(H2,25,26,27,28). The maximum Gasteiger partial charge on any atom is 0.421 e. The Hall–Kier alpha value is -3.53. The molecule has 0 bridgehead atoms. The summed E-state index contributed by atoms with van der Waals surface area (Å²) in [6, 6.07) is 5.62. The molecule has 0 saturated carbocycles. The van der Waals surface area contributed by atoms with Gasteiger partial charge >= 0.3 is 6.18 Å². The molecule has 0 spiro atoms. The number of pyridine rings is 2. The number of hydrogen-bond acceptors (Lipinski definition) is 10. The molecule has 0 radical (unpaired) electrons. The number of alkyl halides is 3. The number of nitrogens with zero attached hydrogens (tertiary/aromatic N) is 5. The van der Waals surface area contributed by atoms with Gasteiger partial charge in [0.1, 0.15) is 17.2 Å². The molecule has 3 aromatic rings. The molecular weight excluding hydrogens is 511 g/mol. The van der Waals surface area contributed by atoms with Crippen LogP contribution < -0.4 is 14.9 Å². The Bertz CT molecular complexity index is 1430. The van der Waals surface area contributed by atoms with Gasteiger partial charge in [0.2, 0.25) is 16.0 Å². The fraction of sp³-hybridized carbons (Fsp3) is 0.263. The highest BCUT2D eigenvalue weighted by molar-refractivity contribution is 7.92. The normalized spacial score (nSPS) is 12.3. The smallest absolute Gasteiger partial charge is 0.365 e. The first kappa shape index (κ1) is 26.1. The fourth-order valence-electron chi connectivity index (χ4n) is 2.77. The second-order valence-electron chi connectivity index (χ2n) is 7.31. The second-order valence-corrected chi connectivity index (χ2v) is 11.3. The molecule has 16 heteroatoms. The first-order chi connectivity index (χ1) is 16.2. The molecular formula is C19H20F3N7O4S2. The number of hydrogen-bond donors (Lipinski definition) is 2. The van der Waals surface area contributed by atoms with E-state index < -0.39 is 37.4 Å². The molecule has 0 aliphatic carbocycles. The molecule has 0 fully saturated rings. The van der Waals surface area contributed by atoms with E-state index in [-0.39, 0.29) is 29.0 Å². The summed E-state index contributed by atoms with van der Waals surface area (Å²) in [6.45, 7) is -0.229. The Morgan fingerprint density at radius 3 is 2.29 bits per heavy atom. The van der Waals surface area contributed by atoms with E-state index in [1.54, 1.807) is 0 Å². The Morgan fingerprint density at radius 2 is 1.71 bits per heavy atom. The molecule has 0 unspecified atom stereocenters. The van der Waals surface area contributed by atoms with Crippen molar-refractivity contribution >= 4 is 43.1 Å². The van der Waals surface area contributed by atoms with E-state index in [1.807, 2.05) is 0 Å². The predicted molar refractivity (Wildman–Crippen MR) is 122 cm³/mol. The van der Waals surface area contributed by atoms with Gasteiger partial charge in [-0.25, -0.2) is 31.8 Å². The lowest BCUT2D eigenvalue weighted by Gasteiger charge is -2.20. The van der Waals surface area contributed by atoms with Crippen molar-refractivity contribution < 1.29 is 30.0 Å². The van der Waals surface area contributed by atoms with E-state index in [1.165, 1.54) is 43.7 Å². The van der Waals surface area contributed by atoms with Gasteiger partial charge in [0, 0.05) is 37.8 Å². The summed E-state index contributed by atoms with van der Waals surface area (Å²) in [6.07, 6.45) is 0.301.